The van der Waals surface area contributed by atoms with Crippen molar-refractivity contribution in [3.63, 3.8) is 0 Å². The third-order valence-electron chi connectivity index (χ3n) is 2.91. The molecular weight excluding hydrogens is 302 g/mol. The number of nitriles is 1. The first-order chi connectivity index (χ1) is 9.24. The second-order valence-corrected chi connectivity index (χ2v) is 4.98. The van der Waals surface area contributed by atoms with Crippen LogP contribution in [0.4, 0.5) is 5.69 Å². The van der Waals surface area contributed by atoms with Gasteiger partial charge in [-0.3, -0.25) is 4.98 Å². The molecule has 96 valence electrons. The number of benzene rings is 1. The van der Waals surface area contributed by atoms with Crippen LogP contribution in [0.1, 0.15) is 23.7 Å². The lowest BCUT2D eigenvalue weighted by molar-refractivity contribution is 0.971. The standard InChI is InChI=1S/C15H14BrN3/c1-2-12-4-3-7-18-15(12)10-19-14-6-5-11(9-17)8-13(14)16/h3-8,19H,2,10H2,1H3. The number of aryl methyl sites for hydroxylation is 1. The van der Waals surface area contributed by atoms with E-state index < -0.39 is 0 Å². The molecule has 0 radical (unpaired) electrons. The molecule has 1 N–H and O–H groups in total. The maximum atomic E-state index is 8.83. The Morgan fingerprint density at radius 1 is 1.37 bits per heavy atom. The molecule has 0 saturated heterocycles. The molecule has 0 aliphatic rings. The highest BCUT2D eigenvalue weighted by Gasteiger charge is 2.04. The fourth-order valence-electron chi connectivity index (χ4n) is 1.86. The van der Waals surface area contributed by atoms with Gasteiger partial charge in [0.05, 0.1) is 23.9 Å². The van der Waals surface area contributed by atoms with Crippen molar-refractivity contribution in [1.82, 2.24) is 4.98 Å². The van der Waals surface area contributed by atoms with Gasteiger partial charge in [0.1, 0.15) is 0 Å². The number of halogens is 1. The molecule has 0 amide bonds. The quantitative estimate of drug-likeness (QED) is 0.931. The molecule has 2 aromatic rings. The molecule has 1 aromatic heterocycles. The van der Waals surface area contributed by atoms with Crippen molar-refractivity contribution in [3.05, 3.63) is 57.8 Å². The third kappa shape index (κ3) is 3.33. The molecule has 0 unspecified atom stereocenters. The summed E-state index contributed by atoms with van der Waals surface area (Å²) in [6.45, 7) is 2.80. The van der Waals surface area contributed by atoms with Crippen molar-refractivity contribution in [2.45, 2.75) is 19.9 Å². The molecule has 1 aromatic carbocycles. The fraction of sp³-hybridized carbons (Fsp3) is 0.200. The van der Waals surface area contributed by atoms with Crippen LogP contribution in [0.2, 0.25) is 0 Å². The number of rotatable bonds is 4. The summed E-state index contributed by atoms with van der Waals surface area (Å²) in [5.41, 5.74) is 3.91. The number of pyridine rings is 1. The van der Waals surface area contributed by atoms with Gasteiger partial charge in [-0.05, 0) is 52.2 Å². The zero-order chi connectivity index (χ0) is 13.7. The van der Waals surface area contributed by atoms with Gasteiger partial charge in [-0.25, -0.2) is 0 Å². The first kappa shape index (κ1) is 13.6. The fourth-order valence-corrected chi connectivity index (χ4v) is 2.38. The van der Waals surface area contributed by atoms with E-state index in [9.17, 15) is 0 Å². The second-order valence-electron chi connectivity index (χ2n) is 4.12. The van der Waals surface area contributed by atoms with Crippen LogP contribution in [-0.4, -0.2) is 4.98 Å². The summed E-state index contributed by atoms with van der Waals surface area (Å²) in [4.78, 5) is 4.40. The number of nitrogens with zero attached hydrogens (tertiary/aromatic N) is 2. The molecular formula is C15H14BrN3. The van der Waals surface area contributed by atoms with Crippen molar-refractivity contribution in [2.75, 3.05) is 5.32 Å². The molecule has 0 atom stereocenters. The zero-order valence-corrected chi connectivity index (χ0v) is 12.2. The molecule has 0 spiro atoms. The van der Waals surface area contributed by atoms with Crippen molar-refractivity contribution in [3.8, 4) is 6.07 Å². The van der Waals surface area contributed by atoms with E-state index >= 15 is 0 Å². The number of anilines is 1. The number of hydrogen-bond donors (Lipinski definition) is 1. The van der Waals surface area contributed by atoms with Crippen LogP contribution < -0.4 is 5.32 Å². The van der Waals surface area contributed by atoms with Crippen molar-refractivity contribution in [2.24, 2.45) is 0 Å². The summed E-state index contributed by atoms with van der Waals surface area (Å²) in [6.07, 6.45) is 2.78. The normalized spacial score (nSPS) is 9.95. The largest absolute Gasteiger partial charge is 0.378 e. The summed E-state index contributed by atoms with van der Waals surface area (Å²) in [5.74, 6) is 0. The average Bonchev–Trinajstić information content (AvgIpc) is 2.46. The van der Waals surface area contributed by atoms with Gasteiger partial charge in [0.2, 0.25) is 0 Å². The molecule has 0 saturated carbocycles. The Kier molecular flexibility index (Phi) is 4.53. The minimum atomic E-state index is 0.643. The van der Waals surface area contributed by atoms with E-state index in [2.05, 4.69) is 45.3 Å². The summed E-state index contributed by atoms with van der Waals surface area (Å²) in [7, 11) is 0. The average molecular weight is 316 g/mol. The highest BCUT2D eigenvalue weighted by Crippen LogP contribution is 2.24. The molecule has 0 bridgehead atoms. The molecule has 19 heavy (non-hydrogen) atoms. The highest BCUT2D eigenvalue weighted by molar-refractivity contribution is 9.10. The van der Waals surface area contributed by atoms with E-state index in [-0.39, 0.29) is 0 Å². The van der Waals surface area contributed by atoms with Gasteiger partial charge in [0.25, 0.3) is 0 Å². The molecule has 0 aliphatic heterocycles. The highest BCUT2D eigenvalue weighted by atomic mass is 79.9. The van der Waals surface area contributed by atoms with Gasteiger partial charge in [0, 0.05) is 16.4 Å². The summed E-state index contributed by atoms with van der Waals surface area (Å²) < 4.78 is 0.889. The molecule has 0 fully saturated rings. The van der Waals surface area contributed by atoms with Crippen LogP contribution in [0, 0.1) is 11.3 Å². The van der Waals surface area contributed by atoms with E-state index in [1.165, 1.54) is 5.56 Å². The van der Waals surface area contributed by atoms with Gasteiger partial charge in [-0.1, -0.05) is 13.0 Å². The number of aromatic nitrogens is 1. The SMILES string of the molecule is CCc1cccnc1CNc1ccc(C#N)cc1Br. The number of nitrogens with one attached hydrogen (secondary N) is 1. The van der Waals surface area contributed by atoms with Gasteiger partial charge in [-0.2, -0.15) is 5.26 Å². The van der Waals surface area contributed by atoms with E-state index in [1.54, 1.807) is 6.07 Å². The maximum absolute atomic E-state index is 8.83. The first-order valence-corrected chi connectivity index (χ1v) is 6.90. The Hall–Kier alpha value is -1.86. The lowest BCUT2D eigenvalue weighted by Gasteiger charge is -2.10. The molecule has 4 heteroatoms. The van der Waals surface area contributed by atoms with Crippen LogP contribution in [0.15, 0.2) is 41.0 Å². The Bertz CT molecular complexity index is 617. The summed E-state index contributed by atoms with van der Waals surface area (Å²) in [6, 6.07) is 11.7. The lowest BCUT2D eigenvalue weighted by atomic mass is 10.1. The lowest BCUT2D eigenvalue weighted by Crippen LogP contribution is -2.05. The predicted octanol–water partition coefficient (Wildman–Crippen LogP) is 3.89. The topological polar surface area (TPSA) is 48.7 Å². The summed E-state index contributed by atoms with van der Waals surface area (Å²) >= 11 is 3.46. The Morgan fingerprint density at radius 3 is 2.89 bits per heavy atom. The monoisotopic (exact) mass is 315 g/mol. The summed E-state index contributed by atoms with van der Waals surface area (Å²) in [5, 5.41) is 12.2. The van der Waals surface area contributed by atoms with Crippen LogP contribution in [0.3, 0.4) is 0 Å². The minimum absolute atomic E-state index is 0.643. The molecule has 1 heterocycles. The van der Waals surface area contributed by atoms with Gasteiger partial charge >= 0.3 is 0 Å². The Morgan fingerprint density at radius 2 is 2.21 bits per heavy atom. The van der Waals surface area contributed by atoms with Crippen LogP contribution in [0.5, 0.6) is 0 Å². The third-order valence-corrected chi connectivity index (χ3v) is 3.57. The van der Waals surface area contributed by atoms with Gasteiger partial charge in [0.15, 0.2) is 0 Å². The Balaban J connectivity index is 2.13. The van der Waals surface area contributed by atoms with Crippen molar-refractivity contribution < 1.29 is 0 Å². The molecule has 2 rings (SSSR count). The molecule has 3 nitrogen and oxygen atoms in total. The van der Waals surface area contributed by atoms with E-state index in [0.717, 1.165) is 22.3 Å². The maximum Gasteiger partial charge on any atom is 0.0992 e. The van der Waals surface area contributed by atoms with E-state index in [0.29, 0.717) is 12.1 Å². The van der Waals surface area contributed by atoms with Crippen LogP contribution in [-0.2, 0) is 13.0 Å². The van der Waals surface area contributed by atoms with Crippen LogP contribution in [0.25, 0.3) is 0 Å². The number of hydrogen-bond acceptors (Lipinski definition) is 3. The van der Waals surface area contributed by atoms with Crippen molar-refractivity contribution in [1.29, 1.82) is 5.26 Å². The minimum Gasteiger partial charge on any atom is -0.378 e. The van der Waals surface area contributed by atoms with E-state index in [1.807, 2.05) is 24.4 Å². The Labute approximate surface area is 121 Å². The first-order valence-electron chi connectivity index (χ1n) is 6.11. The second kappa shape index (κ2) is 6.35. The predicted molar refractivity (Wildman–Crippen MR) is 79.8 cm³/mol. The zero-order valence-electron chi connectivity index (χ0n) is 10.7. The van der Waals surface area contributed by atoms with E-state index in [4.69, 9.17) is 5.26 Å². The van der Waals surface area contributed by atoms with Gasteiger partial charge < -0.3 is 5.32 Å². The van der Waals surface area contributed by atoms with Crippen LogP contribution >= 0.6 is 15.9 Å². The van der Waals surface area contributed by atoms with Crippen molar-refractivity contribution >= 4 is 21.6 Å². The van der Waals surface area contributed by atoms with Gasteiger partial charge in [-0.15, -0.1) is 0 Å². The smallest absolute Gasteiger partial charge is 0.0992 e. The molecule has 0 aliphatic carbocycles.